The van der Waals surface area contributed by atoms with E-state index >= 15 is 0 Å². The molecule has 0 aliphatic heterocycles. The van der Waals surface area contributed by atoms with Crippen LogP contribution in [-0.4, -0.2) is 22.4 Å². The normalized spacial score (nSPS) is 13.8. The maximum Gasteiger partial charge on any atom is 0.359 e. The van der Waals surface area contributed by atoms with Crippen LogP contribution in [-0.2, 0) is 17.6 Å². The molecule has 0 amide bonds. The summed E-state index contributed by atoms with van der Waals surface area (Å²) < 4.78 is 6.90. The smallest absolute Gasteiger partial charge is 0.359 e. The van der Waals surface area contributed by atoms with Crippen molar-refractivity contribution >= 4 is 29.2 Å². The lowest BCUT2D eigenvalue weighted by Crippen LogP contribution is -2.10. The summed E-state index contributed by atoms with van der Waals surface area (Å²) in [6.07, 6.45) is 3.86. The first-order valence-electron chi connectivity index (χ1n) is 7.34. The first kappa shape index (κ1) is 15.4. The van der Waals surface area contributed by atoms with E-state index in [1.54, 1.807) is 29.8 Å². The molecule has 0 atom stereocenters. The van der Waals surface area contributed by atoms with Gasteiger partial charge >= 0.3 is 5.97 Å². The van der Waals surface area contributed by atoms with Gasteiger partial charge < -0.3 is 4.74 Å². The Bertz CT molecular complexity index is 705. The number of halogens is 2. The number of ether oxygens (including phenoxy) is 1. The summed E-state index contributed by atoms with van der Waals surface area (Å²) in [5.74, 6) is -0.368. The molecule has 0 fully saturated rings. The molecule has 4 nitrogen and oxygen atoms in total. The molecule has 0 saturated carbocycles. The van der Waals surface area contributed by atoms with Gasteiger partial charge in [-0.1, -0.05) is 23.2 Å². The van der Waals surface area contributed by atoms with Crippen LogP contribution in [0.1, 0.15) is 41.5 Å². The molecule has 2 aromatic rings. The fourth-order valence-corrected chi connectivity index (χ4v) is 3.35. The first-order valence-corrected chi connectivity index (χ1v) is 8.10. The number of carbonyl (C=O) groups excluding carboxylic acids is 1. The molecule has 0 bridgehead atoms. The topological polar surface area (TPSA) is 44.1 Å². The van der Waals surface area contributed by atoms with Gasteiger partial charge in [0.25, 0.3) is 0 Å². The van der Waals surface area contributed by atoms with Crippen LogP contribution in [0.15, 0.2) is 18.2 Å². The molecule has 116 valence electrons. The molecule has 1 aromatic heterocycles. The number of benzene rings is 1. The number of nitrogens with zero attached hydrogens (tertiary/aromatic N) is 2. The molecule has 22 heavy (non-hydrogen) atoms. The van der Waals surface area contributed by atoms with Crippen LogP contribution in [0.4, 0.5) is 0 Å². The van der Waals surface area contributed by atoms with Crippen LogP contribution < -0.4 is 0 Å². The Morgan fingerprint density at radius 3 is 2.59 bits per heavy atom. The minimum absolute atomic E-state index is 0.337. The summed E-state index contributed by atoms with van der Waals surface area (Å²) in [5.41, 5.74) is 3.22. The number of carbonyl (C=O) groups is 1. The molecule has 0 spiro atoms. The Hall–Kier alpha value is -1.52. The van der Waals surface area contributed by atoms with Gasteiger partial charge in [0.1, 0.15) is 0 Å². The van der Waals surface area contributed by atoms with Gasteiger partial charge in [0, 0.05) is 21.3 Å². The van der Waals surface area contributed by atoms with Crippen molar-refractivity contribution in [3.05, 3.63) is 45.2 Å². The maximum absolute atomic E-state index is 12.1. The van der Waals surface area contributed by atoms with E-state index in [9.17, 15) is 4.79 Å². The molecule has 1 heterocycles. The number of esters is 1. The Morgan fingerprint density at radius 2 is 1.91 bits per heavy atom. The van der Waals surface area contributed by atoms with Gasteiger partial charge in [-0.2, -0.15) is 5.10 Å². The SMILES string of the molecule is CCOC(=O)c1nn(-c2cc(Cl)cc(Cl)c2)c2c1CCCC2. The quantitative estimate of drug-likeness (QED) is 0.786. The average Bonchev–Trinajstić information content (AvgIpc) is 2.86. The first-order chi connectivity index (χ1) is 10.6. The third kappa shape index (κ3) is 2.85. The van der Waals surface area contributed by atoms with E-state index in [0.29, 0.717) is 22.3 Å². The van der Waals surface area contributed by atoms with Gasteiger partial charge in [0.15, 0.2) is 5.69 Å². The van der Waals surface area contributed by atoms with Gasteiger partial charge in [-0.05, 0) is 50.8 Å². The zero-order chi connectivity index (χ0) is 15.7. The van der Waals surface area contributed by atoms with E-state index in [0.717, 1.165) is 42.6 Å². The number of hydrogen-bond acceptors (Lipinski definition) is 3. The predicted octanol–water partition coefficient (Wildman–Crippen LogP) is 4.23. The zero-order valence-corrected chi connectivity index (χ0v) is 13.7. The Morgan fingerprint density at radius 1 is 1.23 bits per heavy atom. The summed E-state index contributed by atoms with van der Waals surface area (Å²) in [6.45, 7) is 2.13. The molecule has 0 N–H and O–H groups in total. The fourth-order valence-electron chi connectivity index (χ4n) is 2.84. The molecule has 1 aliphatic rings. The molecule has 1 aliphatic carbocycles. The number of rotatable bonds is 3. The van der Waals surface area contributed by atoms with Crippen molar-refractivity contribution in [3.63, 3.8) is 0 Å². The highest BCUT2D eigenvalue weighted by Crippen LogP contribution is 2.29. The van der Waals surface area contributed by atoms with Crippen molar-refractivity contribution in [1.82, 2.24) is 9.78 Å². The van der Waals surface area contributed by atoms with Crippen molar-refractivity contribution in [2.45, 2.75) is 32.6 Å². The van der Waals surface area contributed by atoms with Crippen LogP contribution in [0.5, 0.6) is 0 Å². The van der Waals surface area contributed by atoms with Crippen molar-refractivity contribution in [1.29, 1.82) is 0 Å². The van der Waals surface area contributed by atoms with E-state index in [1.807, 2.05) is 0 Å². The Labute approximate surface area is 139 Å². The van der Waals surface area contributed by atoms with Gasteiger partial charge in [-0.15, -0.1) is 0 Å². The van der Waals surface area contributed by atoms with Crippen LogP contribution in [0.25, 0.3) is 5.69 Å². The highest BCUT2D eigenvalue weighted by molar-refractivity contribution is 6.34. The monoisotopic (exact) mass is 338 g/mol. The van der Waals surface area contributed by atoms with E-state index in [-0.39, 0.29) is 5.97 Å². The molecule has 0 saturated heterocycles. The van der Waals surface area contributed by atoms with Crippen LogP contribution in [0.2, 0.25) is 10.0 Å². The number of aromatic nitrogens is 2. The second kappa shape index (κ2) is 6.31. The molecular weight excluding hydrogens is 323 g/mol. The molecule has 6 heteroatoms. The molecule has 3 rings (SSSR count). The van der Waals surface area contributed by atoms with E-state index in [4.69, 9.17) is 27.9 Å². The fraction of sp³-hybridized carbons (Fsp3) is 0.375. The Kier molecular flexibility index (Phi) is 4.41. The molecule has 0 unspecified atom stereocenters. The summed E-state index contributed by atoms with van der Waals surface area (Å²) in [5, 5.41) is 5.57. The summed E-state index contributed by atoms with van der Waals surface area (Å²) in [7, 11) is 0. The van der Waals surface area contributed by atoms with Crippen LogP contribution in [0, 0.1) is 0 Å². The summed E-state index contributed by atoms with van der Waals surface area (Å²) in [6, 6.07) is 5.27. The van der Waals surface area contributed by atoms with Crippen LogP contribution >= 0.6 is 23.2 Å². The third-order valence-electron chi connectivity index (χ3n) is 3.74. The number of fused-ring (bicyclic) bond motifs is 1. The largest absolute Gasteiger partial charge is 0.461 e. The van der Waals surface area contributed by atoms with Crippen molar-refractivity contribution < 1.29 is 9.53 Å². The van der Waals surface area contributed by atoms with E-state index < -0.39 is 0 Å². The summed E-state index contributed by atoms with van der Waals surface area (Å²) >= 11 is 12.2. The third-order valence-corrected chi connectivity index (χ3v) is 4.18. The van der Waals surface area contributed by atoms with Crippen molar-refractivity contribution in [2.75, 3.05) is 6.61 Å². The molecular formula is C16H16Cl2N2O2. The van der Waals surface area contributed by atoms with E-state index in [2.05, 4.69) is 5.10 Å². The molecule has 1 aromatic carbocycles. The van der Waals surface area contributed by atoms with Crippen molar-refractivity contribution in [2.24, 2.45) is 0 Å². The van der Waals surface area contributed by atoms with Gasteiger partial charge in [-0.3, -0.25) is 0 Å². The second-order valence-electron chi connectivity index (χ2n) is 5.24. The lowest BCUT2D eigenvalue weighted by molar-refractivity contribution is 0.0517. The van der Waals surface area contributed by atoms with E-state index in [1.165, 1.54) is 0 Å². The van der Waals surface area contributed by atoms with Crippen molar-refractivity contribution in [3.8, 4) is 5.69 Å². The minimum atomic E-state index is -0.368. The highest BCUT2D eigenvalue weighted by Gasteiger charge is 2.26. The van der Waals surface area contributed by atoms with Gasteiger partial charge in [0.05, 0.1) is 12.3 Å². The standard InChI is InChI=1S/C16H16Cl2N2O2/c1-2-22-16(21)15-13-5-3-4-6-14(13)20(19-15)12-8-10(17)7-11(18)9-12/h7-9H,2-6H2,1H3. The lowest BCUT2D eigenvalue weighted by atomic mass is 9.95. The average molecular weight is 339 g/mol. The predicted molar refractivity (Wildman–Crippen MR) is 86.2 cm³/mol. The zero-order valence-electron chi connectivity index (χ0n) is 12.2. The highest BCUT2D eigenvalue weighted by atomic mass is 35.5. The lowest BCUT2D eigenvalue weighted by Gasteiger charge is -2.14. The summed E-state index contributed by atoms with van der Waals surface area (Å²) in [4.78, 5) is 12.1. The Balaban J connectivity index is 2.13. The number of hydrogen-bond donors (Lipinski definition) is 0. The molecule has 0 radical (unpaired) electrons. The minimum Gasteiger partial charge on any atom is -0.461 e. The maximum atomic E-state index is 12.1. The van der Waals surface area contributed by atoms with Crippen LogP contribution in [0.3, 0.4) is 0 Å². The van der Waals surface area contributed by atoms with Gasteiger partial charge in [-0.25, -0.2) is 9.48 Å². The van der Waals surface area contributed by atoms with Gasteiger partial charge in [0.2, 0.25) is 0 Å². The second-order valence-corrected chi connectivity index (χ2v) is 6.11.